The monoisotopic (exact) mass is 1140 g/mol. The van der Waals surface area contributed by atoms with Crippen molar-refractivity contribution in [1.82, 2.24) is 0 Å². The van der Waals surface area contributed by atoms with E-state index in [2.05, 4.69) is 142 Å². The first-order valence-corrected chi connectivity index (χ1v) is 34.5. The molecule has 0 rings (SSSR count). The molecule has 1 atom stereocenters. The first-order valence-electron chi connectivity index (χ1n) is 34.5. The second kappa shape index (κ2) is 69.3. The third-order valence-corrected chi connectivity index (χ3v) is 14.7. The fourth-order valence-corrected chi connectivity index (χ4v) is 9.51. The van der Waals surface area contributed by atoms with Gasteiger partial charge in [0.25, 0.3) is 0 Å². The van der Waals surface area contributed by atoms with Gasteiger partial charge in [-0.15, -0.1) is 0 Å². The zero-order valence-electron chi connectivity index (χ0n) is 53.7. The van der Waals surface area contributed by atoms with Crippen LogP contribution in [-0.2, 0) is 28.6 Å². The van der Waals surface area contributed by atoms with E-state index in [9.17, 15) is 14.4 Å². The quantitative estimate of drug-likeness (QED) is 0.0261. The third kappa shape index (κ3) is 66.6. The number of hydrogen-bond acceptors (Lipinski definition) is 6. The van der Waals surface area contributed by atoms with Crippen LogP contribution in [0.15, 0.2) is 122 Å². The van der Waals surface area contributed by atoms with Crippen molar-refractivity contribution in [1.29, 1.82) is 0 Å². The molecule has 0 amide bonds. The fourth-order valence-electron chi connectivity index (χ4n) is 9.51. The van der Waals surface area contributed by atoms with E-state index in [-0.39, 0.29) is 31.1 Å². The summed E-state index contributed by atoms with van der Waals surface area (Å²) in [5.74, 6) is -0.905. The van der Waals surface area contributed by atoms with Crippen LogP contribution >= 0.6 is 0 Å². The molecule has 0 heterocycles. The van der Waals surface area contributed by atoms with Crippen LogP contribution in [0, 0.1) is 0 Å². The number of carbonyl (C=O) groups is 3. The summed E-state index contributed by atoms with van der Waals surface area (Å²) < 4.78 is 17.0. The highest BCUT2D eigenvalue weighted by Gasteiger charge is 2.19. The van der Waals surface area contributed by atoms with Crippen molar-refractivity contribution in [2.45, 2.75) is 329 Å². The second-order valence-electron chi connectivity index (χ2n) is 22.7. The zero-order chi connectivity index (χ0) is 59.2. The molecule has 0 N–H and O–H groups in total. The molecule has 0 fully saturated rings. The van der Waals surface area contributed by atoms with E-state index in [1.54, 1.807) is 0 Å². The summed E-state index contributed by atoms with van der Waals surface area (Å²) in [4.78, 5) is 38.5. The predicted octanol–water partition coefficient (Wildman–Crippen LogP) is 23.9. The van der Waals surface area contributed by atoms with Gasteiger partial charge in [0, 0.05) is 19.3 Å². The van der Waals surface area contributed by atoms with Gasteiger partial charge in [0.2, 0.25) is 0 Å². The number of unbranched alkanes of at least 4 members (excludes halogenated alkanes) is 31. The molecule has 0 bridgehead atoms. The Morgan fingerprint density at radius 1 is 0.256 bits per heavy atom. The maximum absolute atomic E-state index is 12.9. The minimum atomic E-state index is -0.796. The predicted molar refractivity (Wildman–Crippen MR) is 357 cm³/mol. The summed E-state index contributed by atoms with van der Waals surface area (Å²) in [6.45, 7) is 6.50. The molecule has 0 aromatic rings. The highest BCUT2D eigenvalue weighted by molar-refractivity contribution is 5.71. The number of ether oxygens (including phenoxy) is 3. The molecule has 0 radical (unpaired) electrons. The van der Waals surface area contributed by atoms with Gasteiger partial charge in [-0.25, -0.2) is 0 Å². The zero-order valence-corrected chi connectivity index (χ0v) is 53.7. The van der Waals surface area contributed by atoms with Crippen LogP contribution in [0.5, 0.6) is 0 Å². The van der Waals surface area contributed by atoms with Gasteiger partial charge in [-0.3, -0.25) is 14.4 Å². The maximum Gasteiger partial charge on any atom is 0.306 e. The lowest BCUT2D eigenvalue weighted by Gasteiger charge is -2.18. The Morgan fingerprint density at radius 2 is 0.476 bits per heavy atom. The molecule has 1 unspecified atom stereocenters. The summed E-state index contributed by atoms with van der Waals surface area (Å²) in [7, 11) is 0. The number of esters is 3. The van der Waals surface area contributed by atoms with Crippen LogP contribution in [0.1, 0.15) is 323 Å². The Labute approximate surface area is 507 Å². The van der Waals surface area contributed by atoms with Crippen LogP contribution in [0.3, 0.4) is 0 Å². The van der Waals surface area contributed by atoms with Crippen molar-refractivity contribution in [3.05, 3.63) is 122 Å². The fraction of sp³-hybridized carbons (Fsp3) is 0.697. The highest BCUT2D eigenvalue weighted by atomic mass is 16.6. The first kappa shape index (κ1) is 77.8. The lowest BCUT2D eigenvalue weighted by molar-refractivity contribution is -0.167. The van der Waals surface area contributed by atoms with Gasteiger partial charge in [0.15, 0.2) is 6.10 Å². The maximum atomic E-state index is 12.9. The molecular formula is C76H128O6. The SMILES string of the molecule is CC/C=C\C/C=C\C/C=C\C/C=C\C/C=C\C/C=C\CCCCCCCCCCC(=O)OCC(COC(=O)CCCCCCCCC/C=C\CCCCCCCCC)OC(=O)CCCCCCCC/C=C\C/C=C\C/C=C\CCCCC. The van der Waals surface area contributed by atoms with Gasteiger partial charge in [0.05, 0.1) is 0 Å². The minimum Gasteiger partial charge on any atom is -0.462 e. The lowest BCUT2D eigenvalue weighted by Crippen LogP contribution is -2.30. The smallest absolute Gasteiger partial charge is 0.306 e. The van der Waals surface area contributed by atoms with Gasteiger partial charge >= 0.3 is 17.9 Å². The standard InChI is InChI=1S/C76H128O6/c1-4-7-10-13-16-19-22-25-28-31-34-35-36-37-38-39-40-41-43-45-48-51-54-57-60-63-66-69-75(78)81-72-73(71-80-74(77)68-65-62-59-56-53-50-47-44-33-30-27-24-21-18-15-12-9-6-3)82-76(79)70-67-64-61-58-55-52-49-46-42-32-29-26-23-20-17-14-11-8-5-2/h7,10,16-17,19-20,25-26,28-30,33-35,37-38,40-42,46,73H,4-6,8-9,11-15,18,21-24,27,31-32,36,39,43-45,47-72H2,1-3H3/b10-7-,19-16-,20-17-,28-25-,29-26-,33-30-,35-34-,38-37-,41-40-,46-42-. The third-order valence-electron chi connectivity index (χ3n) is 14.7. The van der Waals surface area contributed by atoms with Gasteiger partial charge in [-0.2, -0.15) is 0 Å². The molecule has 0 aliphatic carbocycles. The summed E-state index contributed by atoms with van der Waals surface area (Å²) >= 11 is 0. The van der Waals surface area contributed by atoms with E-state index in [0.717, 1.165) is 128 Å². The second-order valence-corrected chi connectivity index (χ2v) is 22.7. The Morgan fingerprint density at radius 3 is 0.780 bits per heavy atom. The Hall–Kier alpha value is -4.19. The molecule has 468 valence electrons. The van der Waals surface area contributed by atoms with E-state index in [4.69, 9.17) is 14.2 Å². The van der Waals surface area contributed by atoms with Crippen molar-refractivity contribution in [3.63, 3.8) is 0 Å². The van der Waals surface area contributed by atoms with Crippen molar-refractivity contribution >= 4 is 17.9 Å². The Bertz CT molecular complexity index is 1690. The highest BCUT2D eigenvalue weighted by Crippen LogP contribution is 2.16. The number of allylic oxidation sites excluding steroid dienone is 20. The normalized spacial score (nSPS) is 12.9. The molecule has 0 saturated heterocycles. The molecule has 0 aromatic carbocycles. The molecule has 0 aliphatic heterocycles. The van der Waals surface area contributed by atoms with E-state index in [0.29, 0.717) is 19.3 Å². The van der Waals surface area contributed by atoms with E-state index >= 15 is 0 Å². The summed E-state index contributed by atoms with van der Waals surface area (Å²) in [5.41, 5.74) is 0. The Balaban J connectivity index is 4.41. The molecule has 0 spiro atoms. The topological polar surface area (TPSA) is 78.9 Å². The Kier molecular flexibility index (Phi) is 65.8. The number of rotatable bonds is 62. The first-order chi connectivity index (χ1) is 40.5. The number of carbonyl (C=O) groups excluding carboxylic acids is 3. The number of hydrogen-bond donors (Lipinski definition) is 0. The summed E-state index contributed by atoms with van der Waals surface area (Å²) in [5, 5.41) is 0. The van der Waals surface area contributed by atoms with Crippen molar-refractivity contribution in [2.75, 3.05) is 13.2 Å². The molecule has 6 heteroatoms. The van der Waals surface area contributed by atoms with E-state index < -0.39 is 6.10 Å². The average Bonchev–Trinajstić information content (AvgIpc) is 3.47. The van der Waals surface area contributed by atoms with Crippen LogP contribution in [-0.4, -0.2) is 37.2 Å². The molecule has 6 nitrogen and oxygen atoms in total. The van der Waals surface area contributed by atoms with Gasteiger partial charge in [-0.05, 0) is 135 Å². The molecule has 0 aromatic heterocycles. The van der Waals surface area contributed by atoms with Crippen molar-refractivity contribution < 1.29 is 28.6 Å². The summed E-state index contributed by atoms with van der Waals surface area (Å²) in [6, 6.07) is 0. The van der Waals surface area contributed by atoms with E-state index in [1.165, 1.54) is 154 Å². The molecule has 0 aliphatic rings. The largest absolute Gasteiger partial charge is 0.462 e. The van der Waals surface area contributed by atoms with Gasteiger partial charge in [-0.1, -0.05) is 290 Å². The van der Waals surface area contributed by atoms with Crippen LogP contribution in [0.25, 0.3) is 0 Å². The molecular weight excluding hydrogens is 1010 g/mol. The van der Waals surface area contributed by atoms with Crippen molar-refractivity contribution in [3.8, 4) is 0 Å². The molecule has 82 heavy (non-hydrogen) atoms. The lowest BCUT2D eigenvalue weighted by atomic mass is 10.1. The van der Waals surface area contributed by atoms with Crippen molar-refractivity contribution in [2.24, 2.45) is 0 Å². The minimum absolute atomic E-state index is 0.0893. The van der Waals surface area contributed by atoms with Gasteiger partial charge in [0.1, 0.15) is 13.2 Å². The molecule has 0 saturated carbocycles. The van der Waals surface area contributed by atoms with Crippen LogP contribution < -0.4 is 0 Å². The van der Waals surface area contributed by atoms with Crippen LogP contribution in [0.4, 0.5) is 0 Å². The van der Waals surface area contributed by atoms with E-state index in [1.807, 2.05) is 0 Å². The average molecular weight is 1140 g/mol. The van der Waals surface area contributed by atoms with Crippen LogP contribution in [0.2, 0.25) is 0 Å². The summed E-state index contributed by atoms with van der Waals surface area (Å²) in [6.07, 6.45) is 96.3. The van der Waals surface area contributed by atoms with Gasteiger partial charge < -0.3 is 14.2 Å².